The molecule has 0 saturated heterocycles. The molecule has 0 saturated carbocycles. The maximum atomic E-state index is 13.1. The van der Waals surface area contributed by atoms with E-state index in [2.05, 4.69) is 21.2 Å². The molecule has 3 N–H and O–H groups in total. The molecule has 0 bridgehead atoms. The molecule has 0 fully saturated rings. The molecule has 0 heterocycles. The third-order valence-corrected chi connectivity index (χ3v) is 3.27. The predicted molar refractivity (Wildman–Crippen MR) is 73.2 cm³/mol. The first-order chi connectivity index (χ1) is 8.47. The van der Waals surface area contributed by atoms with Crippen molar-refractivity contribution in [3.05, 3.63) is 51.5 Å². The molecule has 0 aliphatic heterocycles. The lowest BCUT2D eigenvalue weighted by Gasteiger charge is -2.12. The van der Waals surface area contributed by atoms with Crippen molar-refractivity contribution in [3.63, 3.8) is 0 Å². The van der Waals surface area contributed by atoms with Crippen LogP contribution in [-0.2, 0) is 0 Å². The minimum Gasteiger partial charge on any atom is -0.397 e. The summed E-state index contributed by atoms with van der Waals surface area (Å²) in [5, 5.41) is 2.83. The molecule has 0 unspecified atom stereocenters. The Bertz CT molecular complexity index is 605. The van der Waals surface area contributed by atoms with Crippen molar-refractivity contribution in [2.24, 2.45) is 0 Å². The number of nitrogens with two attached hydrogens (primary N) is 1. The SMILES string of the molecule is Nc1cc(F)c(Cl)cc1Nc1cc(F)ccc1Br. The molecule has 2 rings (SSSR count). The van der Waals surface area contributed by atoms with Crippen LogP contribution in [0.5, 0.6) is 0 Å². The van der Waals surface area contributed by atoms with Gasteiger partial charge in [-0.2, -0.15) is 0 Å². The smallest absolute Gasteiger partial charge is 0.143 e. The molecule has 0 aliphatic carbocycles. The summed E-state index contributed by atoms with van der Waals surface area (Å²) in [7, 11) is 0. The molecular formula is C12H8BrClF2N2. The molecule has 6 heteroatoms. The van der Waals surface area contributed by atoms with Crippen LogP contribution in [0.25, 0.3) is 0 Å². The molecule has 2 aromatic carbocycles. The highest BCUT2D eigenvalue weighted by atomic mass is 79.9. The first-order valence-corrected chi connectivity index (χ1v) is 6.11. The Morgan fingerprint density at radius 3 is 2.56 bits per heavy atom. The van der Waals surface area contributed by atoms with Gasteiger partial charge in [0.1, 0.15) is 11.6 Å². The molecule has 18 heavy (non-hydrogen) atoms. The van der Waals surface area contributed by atoms with E-state index in [0.717, 1.165) is 6.07 Å². The highest BCUT2D eigenvalue weighted by molar-refractivity contribution is 9.10. The monoisotopic (exact) mass is 332 g/mol. The summed E-state index contributed by atoms with van der Waals surface area (Å²) < 4.78 is 26.9. The molecule has 2 aromatic rings. The topological polar surface area (TPSA) is 38.0 Å². The lowest BCUT2D eigenvalue weighted by molar-refractivity contribution is 0.627. The van der Waals surface area contributed by atoms with E-state index in [-0.39, 0.29) is 10.7 Å². The summed E-state index contributed by atoms with van der Waals surface area (Å²) in [6.45, 7) is 0. The van der Waals surface area contributed by atoms with E-state index in [9.17, 15) is 8.78 Å². The van der Waals surface area contributed by atoms with E-state index >= 15 is 0 Å². The van der Waals surface area contributed by atoms with Crippen LogP contribution < -0.4 is 11.1 Å². The fourth-order valence-electron chi connectivity index (χ4n) is 1.41. The Labute approximate surface area is 116 Å². The van der Waals surface area contributed by atoms with E-state index in [1.54, 1.807) is 6.07 Å². The maximum absolute atomic E-state index is 13.1. The molecule has 2 nitrogen and oxygen atoms in total. The summed E-state index contributed by atoms with van der Waals surface area (Å²) >= 11 is 8.94. The summed E-state index contributed by atoms with van der Waals surface area (Å²) in [6, 6.07) is 6.62. The van der Waals surface area contributed by atoms with Gasteiger partial charge >= 0.3 is 0 Å². The van der Waals surface area contributed by atoms with Gasteiger partial charge in [0.2, 0.25) is 0 Å². The van der Waals surface area contributed by atoms with Crippen molar-refractivity contribution >= 4 is 44.6 Å². The van der Waals surface area contributed by atoms with Crippen LogP contribution in [0, 0.1) is 11.6 Å². The Morgan fingerprint density at radius 1 is 1.11 bits per heavy atom. The Hall–Kier alpha value is -1.33. The van der Waals surface area contributed by atoms with Crippen LogP contribution in [0.2, 0.25) is 5.02 Å². The maximum Gasteiger partial charge on any atom is 0.143 e. The second-order valence-electron chi connectivity index (χ2n) is 3.60. The van der Waals surface area contributed by atoms with E-state index < -0.39 is 11.6 Å². The quantitative estimate of drug-likeness (QED) is 0.781. The normalized spacial score (nSPS) is 10.4. The van der Waals surface area contributed by atoms with Gasteiger partial charge in [0, 0.05) is 10.5 Å². The molecule has 0 spiro atoms. The zero-order valence-corrected chi connectivity index (χ0v) is 11.3. The second-order valence-corrected chi connectivity index (χ2v) is 4.86. The molecular weight excluding hydrogens is 325 g/mol. The van der Waals surface area contributed by atoms with Crippen molar-refractivity contribution in [2.45, 2.75) is 0 Å². The molecule has 0 radical (unpaired) electrons. The number of anilines is 3. The summed E-state index contributed by atoms with van der Waals surface area (Å²) in [5.41, 5.74) is 6.73. The number of nitrogen functional groups attached to an aromatic ring is 1. The van der Waals surface area contributed by atoms with Crippen LogP contribution in [0.1, 0.15) is 0 Å². The van der Waals surface area contributed by atoms with Crippen molar-refractivity contribution < 1.29 is 8.78 Å². The van der Waals surface area contributed by atoms with E-state index in [1.165, 1.54) is 18.2 Å². The molecule has 94 valence electrons. The molecule has 0 atom stereocenters. The third kappa shape index (κ3) is 2.73. The van der Waals surface area contributed by atoms with Crippen LogP contribution in [0.15, 0.2) is 34.8 Å². The van der Waals surface area contributed by atoms with Crippen LogP contribution in [0.4, 0.5) is 25.8 Å². The largest absolute Gasteiger partial charge is 0.397 e. The third-order valence-electron chi connectivity index (χ3n) is 2.29. The van der Waals surface area contributed by atoms with E-state index in [0.29, 0.717) is 15.8 Å². The number of rotatable bonds is 2. The zero-order chi connectivity index (χ0) is 13.3. The van der Waals surface area contributed by atoms with Gasteiger partial charge in [-0.15, -0.1) is 0 Å². The summed E-state index contributed by atoms with van der Waals surface area (Å²) in [5.74, 6) is -0.995. The van der Waals surface area contributed by atoms with E-state index in [4.69, 9.17) is 17.3 Å². The Kier molecular flexibility index (Phi) is 3.73. The van der Waals surface area contributed by atoms with Gasteiger partial charge < -0.3 is 11.1 Å². The highest BCUT2D eigenvalue weighted by Crippen LogP contribution is 2.32. The number of halogens is 4. The van der Waals surface area contributed by atoms with Crippen molar-refractivity contribution in [3.8, 4) is 0 Å². The van der Waals surface area contributed by atoms with Gasteiger partial charge in [0.05, 0.1) is 22.1 Å². The van der Waals surface area contributed by atoms with Crippen molar-refractivity contribution in [2.75, 3.05) is 11.1 Å². The average molecular weight is 334 g/mol. The van der Waals surface area contributed by atoms with Gasteiger partial charge in [0.25, 0.3) is 0 Å². The van der Waals surface area contributed by atoms with Crippen molar-refractivity contribution in [1.29, 1.82) is 0 Å². The Balaban J connectivity index is 2.40. The number of benzene rings is 2. The number of nitrogens with one attached hydrogen (secondary N) is 1. The van der Waals surface area contributed by atoms with Crippen LogP contribution in [-0.4, -0.2) is 0 Å². The standard InChI is InChI=1S/C12H8BrClF2N2/c13-7-2-1-6(15)3-11(7)18-12-4-8(14)9(16)5-10(12)17/h1-5,18H,17H2. The minimum atomic E-state index is -0.599. The van der Waals surface area contributed by atoms with Gasteiger partial charge in [0.15, 0.2) is 0 Å². The van der Waals surface area contributed by atoms with Gasteiger partial charge in [-0.05, 0) is 40.2 Å². The van der Waals surface area contributed by atoms with Gasteiger partial charge in [-0.3, -0.25) is 0 Å². The van der Waals surface area contributed by atoms with Gasteiger partial charge in [-0.1, -0.05) is 11.6 Å². The fraction of sp³-hybridized carbons (Fsp3) is 0. The van der Waals surface area contributed by atoms with Gasteiger partial charge in [-0.25, -0.2) is 8.78 Å². The fourth-order valence-corrected chi connectivity index (χ4v) is 1.92. The first kappa shape index (κ1) is 13.1. The molecule has 0 amide bonds. The van der Waals surface area contributed by atoms with Crippen LogP contribution in [0.3, 0.4) is 0 Å². The minimum absolute atomic E-state index is 0.0563. The molecule has 0 aliphatic rings. The Morgan fingerprint density at radius 2 is 1.83 bits per heavy atom. The highest BCUT2D eigenvalue weighted by Gasteiger charge is 2.08. The first-order valence-electron chi connectivity index (χ1n) is 4.94. The zero-order valence-electron chi connectivity index (χ0n) is 8.98. The summed E-state index contributed by atoms with van der Waals surface area (Å²) in [6.07, 6.45) is 0. The predicted octanol–water partition coefficient (Wildman–Crippen LogP) is 4.71. The number of hydrogen-bond acceptors (Lipinski definition) is 2. The second kappa shape index (κ2) is 5.12. The average Bonchev–Trinajstić information content (AvgIpc) is 2.30. The van der Waals surface area contributed by atoms with Crippen molar-refractivity contribution in [1.82, 2.24) is 0 Å². The van der Waals surface area contributed by atoms with E-state index in [1.807, 2.05) is 0 Å². The molecule has 0 aromatic heterocycles. The van der Waals surface area contributed by atoms with Crippen LogP contribution >= 0.6 is 27.5 Å². The summed E-state index contributed by atoms with van der Waals surface area (Å²) in [4.78, 5) is 0. The lowest BCUT2D eigenvalue weighted by atomic mass is 10.2. The number of hydrogen-bond donors (Lipinski definition) is 2. The lowest BCUT2D eigenvalue weighted by Crippen LogP contribution is -1.98.